The van der Waals surface area contributed by atoms with Gasteiger partial charge in [-0.1, -0.05) is 22.9 Å². The van der Waals surface area contributed by atoms with Gasteiger partial charge in [-0.2, -0.15) is 0 Å². The van der Waals surface area contributed by atoms with Crippen molar-refractivity contribution in [3.8, 4) is 0 Å². The Balaban J connectivity index is 1.71. The quantitative estimate of drug-likeness (QED) is 0.805. The number of hydrogen-bond acceptors (Lipinski definition) is 6. The number of aromatic nitrogens is 1. The van der Waals surface area contributed by atoms with Crippen LogP contribution in [-0.4, -0.2) is 37.2 Å². The molecule has 0 spiro atoms. The molecule has 3 rings (SSSR count). The van der Waals surface area contributed by atoms with E-state index in [4.69, 9.17) is 16.3 Å². The molecule has 0 bridgehead atoms. The molecule has 1 aromatic heterocycles. The number of methoxy groups -OCH3 is 1. The minimum Gasteiger partial charge on any atom is -0.465 e. The molecule has 1 aliphatic heterocycles. The van der Waals surface area contributed by atoms with Crippen LogP contribution in [0, 0.1) is 12.7 Å². The molecule has 1 atom stereocenters. The third kappa shape index (κ3) is 4.04. The maximum Gasteiger partial charge on any atom is 0.351 e. The number of benzene rings is 1. The smallest absolute Gasteiger partial charge is 0.351 e. The minimum atomic E-state index is -0.484. The van der Waals surface area contributed by atoms with Crippen molar-refractivity contribution in [3.63, 3.8) is 0 Å². The van der Waals surface area contributed by atoms with E-state index < -0.39 is 5.97 Å². The van der Waals surface area contributed by atoms with Crippen molar-refractivity contribution >= 4 is 39.7 Å². The highest BCUT2D eigenvalue weighted by Gasteiger charge is 2.24. The van der Waals surface area contributed by atoms with Gasteiger partial charge < -0.3 is 15.0 Å². The Labute approximate surface area is 154 Å². The average molecular weight is 384 g/mol. The Morgan fingerprint density at radius 2 is 2.32 bits per heavy atom. The zero-order valence-corrected chi connectivity index (χ0v) is 15.6. The van der Waals surface area contributed by atoms with Crippen LogP contribution < -0.4 is 10.2 Å². The van der Waals surface area contributed by atoms with Crippen LogP contribution in [0.3, 0.4) is 0 Å². The molecule has 1 aromatic carbocycles. The van der Waals surface area contributed by atoms with Gasteiger partial charge in [0.15, 0.2) is 15.2 Å². The number of rotatable bonds is 4. The lowest BCUT2D eigenvalue weighted by Crippen LogP contribution is -2.42. The Morgan fingerprint density at radius 1 is 1.52 bits per heavy atom. The topological polar surface area (TPSA) is 54.5 Å². The molecule has 25 heavy (non-hydrogen) atoms. The number of piperidine rings is 1. The summed E-state index contributed by atoms with van der Waals surface area (Å²) < 4.78 is 18.0. The second-order valence-electron chi connectivity index (χ2n) is 5.99. The summed E-state index contributed by atoms with van der Waals surface area (Å²) in [6.45, 7) is 3.62. The molecule has 0 unspecified atom stereocenters. The summed E-state index contributed by atoms with van der Waals surface area (Å²) in [5, 5.41) is 4.11. The molecule has 1 saturated heterocycles. The first-order chi connectivity index (χ1) is 12.0. The van der Waals surface area contributed by atoms with E-state index in [0.717, 1.165) is 37.2 Å². The van der Waals surface area contributed by atoms with Gasteiger partial charge in [0, 0.05) is 24.8 Å². The number of anilines is 2. The minimum absolute atomic E-state index is 0.154. The Bertz CT molecular complexity index is 783. The first kappa shape index (κ1) is 17.9. The van der Waals surface area contributed by atoms with Gasteiger partial charge in [0.05, 0.1) is 7.11 Å². The lowest BCUT2D eigenvalue weighted by atomic mass is 10.0. The predicted octanol–water partition coefficient (Wildman–Crippen LogP) is 4.11. The van der Waals surface area contributed by atoms with Crippen molar-refractivity contribution in [1.29, 1.82) is 0 Å². The van der Waals surface area contributed by atoms with E-state index in [1.807, 2.05) is 13.0 Å². The molecule has 0 radical (unpaired) electrons. The largest absolute Gasteiger partial charge is 0.465 e. The monoisotopic (exact) mass is 383 g/mol. The number of hydrogen-bond donors (Lipinski definition) is 1. The molecule has 0 aliphatic carbocycles. The van der Waals surface area contributed by atoms with Crippen LogP contribution in [0.2, 0.25) is 5.15 Å². The first-order valence-electron chi connectivity index (χ1n) is 8.00. The SMILES string of the molecule is COC(=O)c1sc(N[C@H]2CCCN(c3ccc(F)cc3C)C2)nc1Cl. The highest BCUT2D eigenvalue weighted by atomic mass is 35.5. The zero-order valence-electron chi connectivity index (χ0n) is 14.0. The van der Waals surface area contributed by atoms with E-state index in [1.165, 1.54) is 24.5 Å². The molecule has 1 aliphatic rings. The average Bonchev–Trinajstić information content (AvgIpc) is 2.94. The van der Waals surface area contributed by atoms with Gasteiger partial charge in [0.25, 0.3) is 0 Å². The fourth-order valence-electron chi connectivity index (χ4n) is 3.04. The Morgan fingerprint density at radius 3 is 3.04 bits per heavy atom. The van der Waals surface area contributed by atoms with E-state index in [2.05, 4.69) is 15.2 Å². The number of carbonyl (C=O) groups is 1. The van der Waals surface area contributed by atoms with E-state index in [9.17, 15) is 9.18 Å². The molecular weight excluding hydrogens is 365 g/mol. The van der Waals surface area contributed by atoms with Crippen LogP contribution in [0.1, 0.15) is 28.1 Å². The molecule has 2 heterocycles. The van der Waals surface area contributed by atoms with Crippen LogP contribution in [0.25, 0.3) is 0 Å². The van der Waals surface area contributed by atoms with E-state index in [0.29, 0.717) is 10.0 Å². The normalized spacial score (nSPS) is 17.4. The van der Waals surface area contributed by atoms with Gasteiger partial charge in [-0.05, 0) is 43.5 Å². The molecule has 5 nitrogen and oxygen atoms in total. The Kier molecular flexibility index (Phi) is 5.44. The van der Waals surface area contributed by atoms with E-state index in [1.54, 1.807) is 6.07 Å². The molecule has 0 saturated carbocycles. The summed E-state index contributed by atoms with van der Waals surface area (Å²) in [6, 6.07) is 5.03. The molecule has 1 fully saturated rings. The summed E-state index contributed by atoms with van der Waals surface area (Å²) in [7, 11) is 1.32. The lowest BCUT2D eigenvalue weighted by Gasteiger charge is -2.35. The van der Waals surface area contributed by atoms with Gasteiger partial charge in [0.1, 0.15) is 5.82 Å². The predicted molar refractivity (Wildman–Crippen MR) is 98.5 cm³/mol. The Hall–Kier alpha value is -1.86. The van der Waals surface area contributed by atoms with Crippen LogP contribution in [0.15, 0.2) is 18.2 Å². The van der Waals surface area contributed by atoms with Crippen LogP contribution in [0.5, 0.6) is 0 Å². The number of carbonyl (C=O) groups excluding carboxylic acids is 1. The second kappa shape index (κ2) is 7.58. The summed E-state index contributed by atoms with van der Waals surface area (Å²) in [4.78, 5) is 18.4. The van der Waals surface area contributed by atoms with Crippen LogP contribution >= 0.6 is 22.9 Å². The number of esters is 1. The fraction of sp³-hybridized carbons (Fsp3) is 0.412. The third-order valence-electron chi connectivity index (χ3n) is 4.21. The number of nitrogens with zero attached hydrogens (tertiary/aromatic N) is 2. The van der Waals surface area contributed by atoms with E-state index >= 15 is 0 Å². The highest BCUT2D eigenvalue weighted by Crippen LogP contribution is 2.30. The number of halogens is 2. The maximum absolute atomic E-state index is 13.3. The zero-order chi connectivity index (χ0) is 18.0. The number of nitrogens with one attached hydrogen (secondary N) is 1. The van der Waals surface area contributed by atoms with Crippen molar-refractivity contribution in [2.24, 2.45) is 0 Å². The van der Waals surface area contributed by atoms with Crippen molar-refractivity contribution in [2.45, 2.75) is 25.8 Å². The molecule has 0 amide bonds. The lowest BCUT2D eigenvalue weighted by molar-refractivity contribution is 0.0606. The number of ether oxygens (including phenoxy) is 1. The fourth-order valence-corrected chi connectivity index (χ4v) is 4.22. The van der Waals surface area contributed by atoms with Crippen molar-refractivity contribution < 1.29 is 13.9 Å². The molecule has 8 heteroatoms. The van der Waals surface area contributed by atoms with Crippen molar-refractivity contribution in [2.75, 3.05) is 30.4 Å². The van der Waals surface area contributed by atoms with Gasteiger partial charge in [0.2, 0.25) is 0 Å². The standard InChI is InChI=1S/C17H19ClFN3O2S/c1-10-8-11(19)5-6-13(10)22-7-3-4-12(9-22)20-17-21-15(18)14(25-17)16(23)24-2/h5-6,8,12H,3-4,7,9H2,1-2H3,(H,20,21)/t12-/m0/s1. The van der Waals surface area contributed by atoms with Crippen LogP contribution in [0.4, 0.5) is 15.2 Å². The summed E-state index contributed by atoms with van der Waals surface area (Å²) in [5.41, 5.74) is 1.96. The molecule has 134 valence electrons. The second-order valence-corrected chi connectivity index (χ2v) is 7.35. The van der Waals surface area contributed by atoms with Crippen molar-refractivity contribution in [1.82, 2.24) is 4.98 Å². The highest BCUT2D eigenvalue weighted by molar-refractivity contribution is 7.18. The van der Waals surface area contributed by atoms with E-state index in [-0.39, 0.29) is 17.0 Å². The summed E-state index contributed by atoms with van der Waals surface area (Å²) in [5.74, 6) is -0.705. The summed E-state index contributed by atoms with van der Waals surface area (Å²) in [6.07, 6.45) is 2.00. The maximum atomic E-state index is 13.3. The van der Waals surface area contributed by atoms with Crippen molar-refractivity contribution in [3.05, 3.63) is 39.6 Å². The number of aryl methyl sites for hydroxylation is 1. The van der Waals surface area contributed by atoms with Gasteiger partial charge in [-0.3, -0.25) is 0 Å². The molecule has 2 aromatic rings. The van der Waals surface area contributed by atoms with Gasteiger partial charge in [-0.25, -0.2) is 14.2 Å². The van der Waals surface area contributed by atoms with Crippen LogP contribution in [-0.2, 0) is 4.74 Å². The molecule has 1 N–H and O–H groups in total. The number of thiazole rings is 1. The molecular formula is C17H19ClFN3O2S. The third-order valence-corrected chi connectivity index (χ3v) is 5.56. The summed E-state index contributed by atoms with van der Waals surface area (Å²) >= 11 is 7.20. The first-order valence-corrected chi connectivity index (χ1v) is 9.19. The van der Waals surface area contributed by atoms with Gasteiger partial charge in [-0.15, -0.1) is 0 Å². The van der Waals surface area contributed by atoms with Gasteiger partial charge >= 0.3 is 5.97 Å².